The van der Waals surface area contributed by atoms with Crippen molar-refractivity contribution in [3.8, 4) is 0 Å². The van der Waals surface area contributed by atoms with E-state index in [0.717, 1.165) is 30.1 Å². The van der Waals surface area contributed by atoms with Crippen LogP contribution >= 0.6 is 0 Å². The van der Waals surface area contributed by atoms with Crippen LogP contribution in [0.15, 0.2) is 24.3 Å². The van der Waals surface area contributed by atoms with E-state index in [-0.39, 0.29) is 5.91 Å². The Hall–Kier alpha value is -1.51. The summed E-state index contributed by atoms with van der Waals surface area (Å²) in [6, 6.07) is 8.37. The standard InChI is InChI=1S/C16H24N2O/c1-3-9-17-16(19)13-5-4-6-14(11-13)18-15-8-7-12(2)10-15/h4-6,11-12,15,18H,3,7-10H2,1-2H3,(H,17,19). The molecule has 19 heavy (non-hydrogen) atoms. The molecule has 0 aromatic heterocycles. The summed E-state index contributed by atoms with van der Waals surface area (Å²) in [6.07, 6.45) is 4.72. The van der Waals surface area contributed by atoms with Crippen LogP contribution in [0.1, 0.15) is 49.9 Å². The fourth-order valence-electron chi connectivity index (χ4n) is 2.66. The number of carbonyl (C=O) groups excluding carboxylic acids is 1. The zero-order valence-corrected chi connectivity index (χ0v) is 11.9. The molecule has 104 valence electrons. The number of amides is 1. The summed E-state index contributed by atoms with van der Waals surface area (Å²) >= 11 is 0. The maximum Gasteiger partial charge on any atom is 0.251 e. The quantitative estimate of drug-likeness (QED) is 0.851. The molecule has 3 heteroatoms. The van der Waals surface area contributed by atoms with Gasteiger partial charge in [0.25, 0.3) is 5.91 Å². The van der Waals surface area contributed by atoms with Crippen LogP contribution in [0.4, 0.5) is 5.69 Å². The number of hydrogen-bond acceptors (Lipinski definition) is 2. The van der Waals surface area contributed by atoms with Gasteiger partial charge >= 0.3 is 0 Å². The second-order valence-corrected chi connectivity index (χ2v) is 5.60. The molecule has 2 unspecified atom stereocenters. The molecule has 1 aromatic rings. The van der Waals surface area contributed by atoms with Crippen LogP contribution in [-0.2, 0) is 0 Å². The molecular weight excluding hydrogens is 236 g/mol. The van der Waals surface area contributed by atoms with Gasteiger partial charge in [-0.1, -0.05) is 19.9 Å². The summed E-state index contributed by atoms with van der Waals surface area (Å²) in [4.78, 5) is 11.9. The lowest BCUT2D eigenvalue weighted by molar-refractivity contribution is 0.0953. The second-order valence-electron chi connectivity index (χ2n) is 5.60. The predicted molar refractivity (Wildman–Crippen MR) is 79.5 cm³/mol. The van der Waals surface area contributed by atoms with Gasteiger partial charge in [-0.3, -0.25) is 4.79 Å². The molecule has 1 saturated carbocycles. The van der Waals surface area contributed by atoms with Gasteiger partial charge < -0.3 is 10.6 Å². The number of rotatable bonds is 5. The summed E-state index contributed by atoms with van der Waals surface area (Å²) in [5, 5.41) is 6.45. The molecule has 0 aliphatic heterocycles. The van der Waals surface area contributed by atoms with Crippen molar-refractivity contribution in [3.63, 3.8) is 0 Å². The van der Waals surface area contributed by atoms with Crippen molar-refractivity contribution in [3.05, 3.63) is 29.8 Å². The van der Waals surface area contributed by atoms with Gasteiger partial charge in [0, 0.05) is 23.8 Å². The van der Waals surface area contributed by atoms with E-state index in [0.29, 0.717) is 6.04 Å². The number of anilines is 1. The van der Waals surface area contributed by atoms with Gasteiger partial charge in [-0.25, -0.2) is 0 Å². The first-order chi connectivity index (χ1) is 9.19. The average Bonchev–Trinajstić information content (AvgIpc) is 2.81. The molecule has 1 aromatic carbocycles. The van der Waals surface area contributed by atoms with Crippen LogP contribution in [0.3, 0.4) is 0 Å². The third-order valence-electron chi connectivity index (χ3n) is 3.73. The Morgan fingerprint density at radius 2 is 2.21 bits per heavy atom. The summed E-state index contributed by atoms with van der Waals surface area (Å²) in [7, 11) is 0. The molecule has 0 heterocycles. The maximum atomic E-state index is 11.9. The van der Waals surface area contributed by atoms with Gasteiger partial charge in [-0.2, -0.15) is 0 Å². The summed E-state index contributed by atoms with van der Waals surface area (Å²) in [6.45, 7) is 5.09. The van der Waals surface area contributed by atoms with Crippen LogP contribution in [0, 0.1) is 5.92 Å². The minimum atomic E-state index is 0.0188. The van der Waals surface area contributed by atoms with Crippen LogP contribution in [0.5, 0.6) is 0 Å². The van der Waals surface area contributed by atoms with E-state index < -0.39 is 0 Å². The van der Waals surface area contributed by atoms with Crippen molar-refractivity contribution in [1.82, 2.24) is 5.32 Å². The molecule has 1 fully saturated rings. The Morgan fingerprint density at radius 1 is 1.37 bits per heavy atom. The van der Waals surface area contributed by atoms with Gasteiger partial charge in [-0.15, -0.1) is 0 Å². The molecule has 0 bridgehead atoms. The minimum absolute atomic E-state index is 0.0188. The molecule has 1 aliphatic carbocycles. The van der Waals surface area contributed by atoms with E-state index in [1.165, 1.54) is 19.3 Å². The second kappa shape index (κ2) is 6.60. The molecule has 1 aliphatic rings. The van der Waals surface area contributed by atoms with Gasteiger partial charge in [0.1, 0.15) is 0 Å². The van der Waals surface area contributed by atoms with Gasteiger partial charge in [0.05, 0.1) is 0 Å². The van der Waals surface area contributed by atoms with Crippen molar-refractivity contribution in [2.45, 2.75) is 45.6 Å². The largest absolute Gasteiger partial charge is 0.382 e. The number of hydrogen-bond donors (Lipinski definition) is 2. The highest BCUT2D eigenvalue weighted by atomic mass is 16.1. The summed E-state index contributed by atoms with van der Waals surface area (Å²) in [5.41, 5.74) is 1.80. The zero-order valence-electron chi connectivity index (χ0n) is 11.9. The highest BCUT2D eigenvalue weighted by molar-refractivity contribution is 5.95. The highest BCUT2D eigenvalue weighted by Crippen LogP contribution is 2.27. The first-order valence-corrected chi connectivity index (χ1v) is 7.34. The molecule has 0 radical (unpaired) electrons. The Bertz CT molecular complexity index is 431. The predicted octanol–water partition coefficient (Wildman–Crippen LogP) is 3.43. The fourth-order valence-corrected chi connectivity index (χ4v) is 2.66. The van der Waals surface area contributed by atoms with Gasteiger partial charge in [0.15, 0.2) is 0 Å². The number of benzene rings is 1. The molecule has 1 amide bonds. The monoisotopic (exact) mass is 260 g/mol. The molecule has 0 spiro atoms. The van der Waals surface area contributed by atoms with Crippen molar-refractivity contribution in [2.24, 2.45) is 5.92 Å². The minimum Gasteiger partial charge on any atom is -0.382 e. The first-order valence-electron chi connectivity index (χ1n) is 7.34. The molecular formula is C16H24N2O. The lowest BCUT2D eigenvalue weighted by Gasteiger charge is -2.14. The third kappa shape index (κ3) is 3.98. The Kier molecular flexibility index (Phi) is 4.83. The van der Waals surface area contributed by atoms with E-state index in [2.05, 4.69) is 24.5 Å². The first kappa shape index (κ1) is 13.9. The van der Waals surface area contributed by atoms with Crippen molar-refractivity contribution >= 4 is 11.6 Å². The summed E-state index contributed by atoms with van der Waals surface area (Å²) < 4.78 is 0. The smallest absolute Gasteiger partial charge is 0.251 e. The van der Waals surface area contributed by atoms with E-state index >= 15 is 0 Å². The normalized spacial score (nSPS) is 22.2. The van der Waals surface area contributed by atoms with Crippen molar-refractivity contribution in [1.29, 1.82) is 0 Å². The molecule has 2 atom stereocenters. The number of carbonyl (C=O) groups is 1. The average molecular weight is 260 g/mol. The number of nitrogens with one attached hydrogen (secondary N) is 2. The van der Waals surface area contributed by atoms with Crippen LogP contribution in [-0.4, -0.2) is 18.5 Å². The Balaban J connectivity index is 1.96. The SMILES string of the molecule is CCCNC(=O)c1cccc(NC2CCC(C)C2)c1. The Morgan fingerprint density at radius 3 is 2.89 bits per heavy atom. The van der Waals surface area contributed by atoms with E-state index in [1.807, 2.05) is 24.3 Å². The zero-order chi connectivity index (χ0) is 13.7. The highest BCUT2D eigenvalue weighted by Gasteiger charge is 2.21. The molecule has 2 N–H and O–H groups in total. The lowest BCUT2D eigenvalue weighted by Crippen LogP contribution is -2.24. The Labute approximate surface area is 115 Å². The van der Waals surface area contributed by atoms with Gasteiger partial charge in [0.2, 0.25) is 0 Å². The van der Waals surface area contributed by atoms with Crippen LogP contribution in [0.2, 0.25) is 0 Å². The topological polar surface area (TPSA) is 41.1 Å². The van der Waals surface area contributed by atoms with Crippen molar-refractivity contribution in [2.75, 3.05) is 11.9 Å². The third-order valence-corrected chi connectivity index (χ3v) is 3.73. The molecule has 3 nitrogen and oxygen atoms in total. The van der Waals surface area contributed by atoms with Crippen LogP contribution in [0.25, 0.3) is 0 Å². The van der Waals surface area contributed by atoms with Crippen LogP contribution < -0.4 is 10.6 Å². The maximum absolute atomic E-state index is 11.9. The van der Waals surface area contributed by atoms with E-state index in [9.17, 15) is 4.79 Å². The van der Waals surface area contributed by atoms with Gasteiger partial charge in [-0.05, 0) is 49.8 Å². The lowest BCUT2D eigenvalue weighted by atomic mass is 10.1. The fraction of sp³-hybridized carbons (Fsp3) is 0.562. The van der Waals surface area contributed by atoms with Crippen molar-refractivity contribution < 1.29 is 4.79 Å². The molecule has 0 saturated heterocycles. The van der Waals surface area contributed by atoms with E-state index in [1.54, 1.807) is 0 Å². The summed E-state index contributed by atoms with van der Waals surface area (Å²) in [5.74, 6) is 0.832. The van der Waals surface area contributed by atoms with E-state index in [4.69, 9.17) is 0 Å². The molecule has 2 rings (SSSR count).